The molecule has 0 saturated carbocycles. The average Bonchev–Trinajstić information content (AvgIpc) is 3.10. The van der Waals surface area contributed by atoms with Crippen molar-refractivity contribution in [3.8, 4) is 5.69 Å². The minimum absolute atomic E-state index is 0.0611. The van der Waals surface area contributed by atoms with Crippen LogP contribution in [0.5, 0.6) is 0 Å². The first kappa shape index (κ1) is 17.0. The van der Waals surface area contributed by atoms with Crippen molar-refractivity contribution in [1.29, 1.82) is 0 Å². The van der Waals surface area contributed by atoms with Crippen molar-refractivity contribution in [3.63, 3.8) is 0 Å². The standard InChI is InChI=1S/C17H23N5OS/c1-2-21-10-8-14(9-11-21)19-16(23)12-24-17-18-13-22(20-17)15-6-4-3-5-7-15/h3-7,13-14H,2,8-12H2,1H3,(H,19,23). The fraction of sp³-hybridized carbons (Fsp3) is 0.471. The highest BCUT2D eigenvalue weighted by atomic mass is 32.2. The summed E-state index contributed by atoms with van der Waals surface area (Å²) >= 11 is 1.37. The van der Waals surface area contributed by atoms with Gasteiger partial charge in [0, 0.05) is 19.1 Å². The first-order valence-corrected chi connectivity index (χ1v) is 9.34. The van der Waals surface area contributed by atoms with E-state index in [1.54, 1.807) is 11.0 Å². The summed E-state index contributed by atoms with van der Waals surface area (Å²) in [5, 5.41) is 8.15. The molecular formula is C17H23N5OS. The number of nitrogens with zero attached hydrogens (tertiary/aromatic N) is 4. The van der Waals surface area contributed by atoms with Gasteiger partial charge in [0.15, 0.2) is 0 Å². The lowest BCUT2D eigenvalue weighted by atomic mass is 10.1. The Balaban J connectivity index is 1.44. The van der Waals surface area contributed by atoms with E-state index >= 15 is 0 Å². The van der Waals surface area contributed by atoms with E-state index < -0.39 is 0 Å². The van der Waals surface area contributed by atoms with Gasteiger partial charge in [-0.2, -0.15) is 0 Å². The minimum Gasteiger partial charge on any atom is -0.353 e. The lowest BCUT2D eigenvalue weighted by molar-refractivity contribution is -0.119. The number of aromatic nitrogens is 3. The van der Waals surface area contributed by atoms with Crippen LogP contribution in [0.3, 0.4) is 0 Å². The van der Waals surface area contributed by atoms with E-state index in [9.17, 15) is 4.79 Å². The van der Waals surface area contributed by atoms with Crippen LogP contribution in [0.4, 0.5) is 0 Å². The van der Waals surface area contributed by atoms with Crippen molar-refractivity contribution >= 4 is 17.7 Å². The summed E-state index contributed by atoms with van der Waals surface area (Å²) in [7, 11) is 0. The Hall–Kier alpha value is -1.86. The monoisotopic (exact) mass is 345 g/mol. The molecule has 1 aromatic carbocycles. The second-order valence-electron chi connectivity index (χ2n) is 5.87. The van der Waals surface area contributed by atoms with Crippen molar-refractivity contribution in [2.45, 2.75) is 31.0 Å². The molecule has 2 heterocycles. The number of hydrogen-bond acceptors (Lipinski definition) is 5. The molecule has 1 N–H and O–H groups in total. The van der Waals surface area contributed by atoms with Gasteiger partial charge in [-0.05, 0) is 31.5 Å². The number of carbonyl (C=O) groups excluding carboxylic acids is 1. The number of likely N-dealkylation sites (tertiary alicyclic amines) is 1. The summed E-state index contributed by atoms with van der Waals surface area (Å²) < 4.78 is 1.72. The number of para-hydroxylation sites is 1. The molecule has 1 fully saturated rings. The summed E-state index contributed by atoms with van der Waals surface area (Å²) in [6.07, 6.45) is 3.74. The highest BCUT2D eigenvalue weighted by Crippen LogP contribution is 2.15. The summed E-state index contributed by atoms with van der Waals surface area (Å²) in [6, 6.07) is 10.1. The van der Waals surface area contributed by atoms with Gasteiger partial charge in [0.2, 0.25) is 11.1 Å². The average molecular weight is 345 g/mol. The van der Waals surface area contributed by atoms with Crippen molar-refractivity contribution in [2.24, 2.45) is 0 Å². The van der Waals surface area contributed by atoms with Crippen molar-refractivity contribution in [2.75, 3.05) is 25.4 Å². The highest BCUT2D eigenvalue weighted by molar-refractivity contribution is 7.99. The van der Waals surface area contributed by atoms with Gasteiger partial charge in [0.25, 0.3) is 0 Å². The van der Waals surface area contributed by atoms with Crippen LogP contribution in [0.25, 0.3) is 5.69 Å². The molecule has 0 atom stereocenters. The molecule has 0 aliphatic carbocycles. The maximum Gasteiger partial charge on any atom is 0.230 e. The lowest BCUT2D eigenvalue weighted by Gasteiger charge is -2.31. The molecular weight excluding hydrogens is 322 g/mol. The van der Waals surface area contributed by atoms with E-state index in [0.29, 0.717) is 17.0 Å². The van der Waals surface area contributed by atoms with E-state index in [1.807, 2.05) is 30.3 Å². The third kappa shape index (κ3) is 4.58. The van der Waals surface area contributed by atoms with Gasteiger partial charge in [-0.3, -0.25) is 4.79 Å². The topological polar surface area (TPSA) is 63.1 Å². The number of thioether (sulfide) groups is 1. The van der Waals surface area contributed by atoms with Crippen LogP contribution in [-0.2, 0) is 4.79 Å². The van der Waals surface area contributed by atoms with Crippen LogP contribution in [-0.4, -0.2) is 57.0 Å². The van der Waals surface area contributed by atoms with E-state index in [4.69, 9.17) is 0 Å². The summed E-state index contributed by atoms with van der Waals surface area (Å²) in [5.41, 5.74) is 0.962. The number of piperidine rings is 1. The smallest absolute Gasteiger partial charge is 0.230 e. The molecule has 1 amide bonds. The Morgan fingerprint density at radius 3 is 2.75 bits per heavy atom. The summed E-state index contributed by atoms with van der Waals surface area (Å²) in [5.74, 6) is 0.415. The number of carbonyl (C=O) groups is 1. The zero-order valence-corrected chi connectivity index (χ0v) is 14.7. The molecule has 1 aliphatic rings. The predicted octanol–water partition coefficient (Wildman–Crippen LogP) is 1.96. The number of hydrogen-bond donors (Lipinski definition) is 1. The van der Waals surface area contributed by atoms with Gasteiger partial charge >= 0.3 is 0 Å². The Kier molecular flexibility index (Phi) is 5.87. The molecule has 1 aliphatic heterocycles. The fourth-order valence-electron chi connectivity index (χ4n) is 2.81. The van der Waals surface area contributed by atoms with Gasteiger partial charge in [-0.25, -0.2) is 9.67 Å². The third-order valence-corrected chi connectivity index (χ3v) is 5.08. The van der Waals surface area contributed by atoms with Crippen molar-refractivity contribution in [1.82, 2.24) is 25.0 Å². The third-order valence-electron chi connectivity index (χ3n) is 4.22. The molecule has 128 valence electrons. The zero-order chi connectivity index (χ0) is 16.8. The van der Waals surface area contributed by atoms with Gasteiger partial charge < -0.3 is 10.2 Å². The quantitative estimate of drug-likeness (QED) is 0.811. The van der Waals surface area contributed by atoms with Gasteiger partial charge in [-0.15, -0.1) is 5.10 Å². The van der Waals surface area contributed by atoms with E-state index in [-0.39, 0.29) is 5.91 Å². The molecule has 0 radical (unpaired) electrons. The Morgan fingerprint density at radius 2 is 2.04 bits per heavy atom. The van der Waals surface area contributed by atoms with Gasteiger partial charge in [0.1, 0.15) is 6.33 Å². The molecule has 24 heavy (non-hydrogen) atoms. The largest absolute Gasteiger partial charge is 0.353 e. The van der Waals surface area contributed by atoms with Crippen LogP contribution in [0.1, 0.15) is 19.8 Å². The number of rotatable bonds is 6. The molecule has 1 aromatic heterocycles. The number of benzene rings is 1. The maximum atomic E-state index is 12.1. The number of nitrogens with one attached hydrogen (secondary N) is 1. The molecule has 6 nitrogen and oxygen atoms in total. The molecule has 0 unspecified atom stereocenters. The second kappa shape index (κ2) is 8.30. The van der Waals surface area contributed by atoms with Gasteiger partial charge in [0.05, 0.1) is 11.4 Å². The zero-order valence-electron chi connectivity index (χ0n) is 13.9. The Labute approximate surface area is 146 Å². The Bertz CT molecular complexity index is 652. The van der Waals surface area contributed by atoms with Crippen LogP contribution in [0.2, 0.25) is 0 Å². The van der Waals surface area contributed by atoms with Crippen LogP contribution in [0, 0.1) is 0 Å². The molecule has 2 aromatic rings. The highest BCUT2D eigenvalue weighted by Gasteiger charge is 2.19. The molecule has 0 bridgehead atoms. The molecule has 0 spiro atoms. The van der Waals surface area contributed by atoms with Crippen LogP contribution < -0.4 is 5.32 Å². The molecule has 7 heteroatoms. The second-order valence-corrected chi connectivity index (χ2v) is 6.81. The van der Waals surface area contributed by atoms with Crippen molar-refractivity contribution in [3.05, 3.63) is 36.7 Å². The maximum absolute atomic E-state index is 12.1. The lowest BCUT2D eigenvalue weighted by Crippen LogP contribution is -2.45. The predicted molar refractivity (Wildman–Crippen MR) is 95.4 cm³/mol. The van der Waals surface area contributed by atoms with E-state index in [0.717, 1.165) is 38.2 Å². The van der Waals surface area contributed by atoms with Crippen LogP contribution >= 0.6 is 11.8 Å². The fourth-order valence-corrected chi connectivity index (χ4v) is 3.42. The van der Waals surface area contributed by atoms with Crippen molar-refractivity contribution < 1.29 is 4.79 Å². The minimum atomic E-state index is 0.0611. The Morgan fingerprint density at radius 1 is 1.29 bits per heavy atom. The van der Waals surface area contributed by atoms with E-state index in [2.05, 4.69) is 27.2 Å². The van der Waals surface area contributed by atoms with Crippen LogP contribution in [0.15, 0.2) is 41.8 Å². The molecule has 1 saturated heterocycles. The first-order valence-electron chi connectivity index (χ1n) is 8.36. The summed E-state index contributed by atoms with van der Waals surface area (Å²) in [4.78, 5) is 18.8. The van der Waals surface area contributed by atoms with E-state index in [1.165, 1.54) is 11.8 Å². The number of amides is 1. The van der Waals surface area contributed by atoms with Gasteiger partial charge in [-0.1, -0.05) is 36.9 Å². The molecule has 3 rings (SSSR count). The SMILES string of the molecule is CCN1CCC(NC(=O)CSc2ncn(-c3ccccc3)n2)CC1. The first-order chi connectivity index (χ1) is 11.7. The summed E-state index contributed by atoms with van der Waals surface area (Å²) in [6.45, 7) is 5.40. The normalized spacial score (nSPS) is 16.2.